The molecular weight excluding hydrogens is 219 g/mol. The average Bonchev–Trinajstić information content (AvgIpc) is 2.23. The van der Waals surface area contributed by atoms with Crippen molar-refractivity contribution in [2.75, 3.05) is 11.9 Å². The molecular formula is C13H17FN2O. The number of hydrogen-bond acceptors (Lipinski definition) is 2. The molecule has 1 aliphatic rings. The highest BCUT2D eigenvalue weighted by Crippen LogP contribution is 2.40. The first kappa shape index (κ1) is 12.0. The number of amides is 1. The minimum atomic E-state index is -0.429. The number of carbonyl (C=O) groups is 1. The van der Waals surface area contributed by atoms with Crippen molar-refractivity contribution in [3.63, 3.8) is 0 Å². The molecule has 1 amide bonds. The van der Waals surface area contributed by atoms with Gasteiger partial charge in [-0.25, -0.2) is 4.39 Å². The van der Waals surface area contributed by atoms with Crippen molar-refractivity contribution in [1.29, 1.82) is 0 Å². The highest BCUT2D eigenvalue weighted by Gasteiger charge is 2.42. The van der Waals surface area contributed by atoms with Crippen molar-refractivity contribution in [2.45, 2.75) is 26.2 Å². The van der Waals surface area contributed by atoms with Crippen molar-refractivity contribution < 1.29 is 9.18 Å². The second-order valence-electron chi connectivity index (χ2n) is 4.76. The standard InChI is InChI=1S/C13H17FN2O/c1-9-3-4-10(7-11(9)14)16-12(17)13(8-15)5-2-6-13/h3-4,7H,2,5-6,8,15H2,1H3,(H,16,17). The van der Waals surface area contributed by atoms with Crippen LogP contribution in [0.3, 0.4) is 0 Å². The summed E-state index contributed by atoms with van der Waals surface area (Å²) in [5.41, 5.74) is 6.28. The first-order valence-corrected chi connectivity index (χ1v) is 5.85. The van der Waals surface area contributed by atoms with Gasteiger partial charge in [-0.15, -0.1) is 0 Å². The van der Waals surface area contributed by atoms with Gasteiger partial charge in [0.2, 0.25) is 5.91 Å². The zero-order chi connectivity index (χ0) is 12.5. The number of halogens is 1. The van der Waals surface area contributed by atoms with E-state index in [1.165, 1.54) is 6.07 Å². The van der Waals surface area contributed by atoms with Crippen molar-refractivity contribution in [1.82, 2.24) is 0 Å². The minimum Gasteiger partial charge on any atom is -0.329 e. The normalized spacial score (nSPS) is 17.4. The fourth-order valence-corrected chi connectivity index (χ4v) is 2.06. The van der Waals surface area contributed by atoms with Crippen LogP contribution < -0.4 is 11.1 Å². The van der Waals surface area contributed by atoms with Crippen molar-refractivity contribution in [3.8, 4) is 0 Å². The van der Waals surface area contributed by atoms with E-state index in [1.54, 1.807) is 19.1 Å². The topological polar surface area (TPSA) is 55.1 Å². The Labute approximate surface area is 100 Å². The zero-order valence-electron chi connectivity index (χ0n) is 9.92. The third-order valence-corrected chi connectivity index (χ3v) is 3.61. The smallest absolute Gasteiger partial charge is 0.231 e. The zero-order valence-corrected chi connectivity index (χ0v) is 9.92. The molecule has 1 aliphatic carbocycles. The third kappa shape index (κ3) is 2.17. The Balaban J connectivity index is 2.10. The first-order chi connectivity index (χ1) is 8.07. The van der Waals surface area contributed by atoms with Crippen LogP contribution in [0.5, 0.6) is 0 Å². The molecule has 17 heavy (non-hydrogen) atoms. The summed E-state index contributed by atoms with van der Waals surface area (Å²) >= 11 is 0. The van der Waals surface area contributed by atoms with Crippen LogP contribution >= 0.6 is 0 Å². The van der Waals surface area contributed by atoms with Crippen molar-refractivity contribution >= 4 is 11.6 Å². The predicted molar refractivity (Wildman–Crippen MR) is 65.1 cm³/mol. The molecule has 1 aromatic rings. The van der Waals surface area contributed by atoms with Gasteiger partial charge in [-0.2, -0.15) is 0 Å². The van der Waals surface area contributed by atoms with Crippen molar-refractivity contribution in [2.24, 2.45) is 11.1 Å². The van der Waals surface area contributed by atoms with Gasteiger partial charge in [-0.05, 0) is 37.5 Å². The fourth-order valence-electron chi connectivity index (χ4n) is 2.06. The highest BCUT2D eigenvalue weighted by molar-refractivity contribution is 5.96. The maximum Gasteiger partial charge on any atom is 0.231 e. The van der Waals surface area contributed by atoms with Gasteiger partial charge in [0, 0.05) is 12.2 Å². The van der Waals surface area contributed by atoms with Crippen molar-refractivity contribution in [3.05, 3.63) is 29.6 Å². The Kier molecular flexibility index (Phi) is 3.15. The van der Waals surface area contributed by atoms with E-state index < -0.39 is 5.41 Å². The van der Waals surface area contributed by atoms with Crippen LogP contribution in [0.15, 0.2) is 18.2 Å². The summed E-state index contributed by atoms with van der Waals surface area (Å²) in [5.74, 6) is -0.396. The molecule has 3 nitrogen and oxygen atoms in total. The first-order valence-electron chi connectivity index (χ1n) is 5.85. The number of hydrogen-bond donors (Lipinski definition) is 2. The maximum atomic E-state index is 13.3. The van der Waals surface area contributed by atoms with Gasteiger partial charge in [-0.3, -0.25) is 4.79 Å². The van der Waals surface area contributed by atoms with Crippen LogP contribution in [0.1, 0.15) is 24.8 Å². The van der Waals surface area contributed by atoms with Gasteiger partial charge in [-0.1, -0.05) is 12.5 Å². The molecule has 0 aliphatic heterocycles. The summed E-state index contributed by atoms with van der Waals surface area (Å²) in [6, 6.07) is 4.70. The number of anilines is 1. The van der Waals surface area contributed by atoms with Crippen LogP contribution in [0.4, 0.5) is 10.1 Å². The average molecular weight is 236 g/mol. The Morgan fingerprint density at radius 1 is 1.53 bits per heavy atom. The predicted octanol–water partition coefficient (Wildman–Crippen LogP) is 2.20. The summed E-state index contributed by atoms with van der Waals surface area (Å²) < 4.78 is 13.3. The summed E-state index contributed by atoms with van der Waals surface area (Å²) in [5, 5.41) is 2.74. The van der Waals surface area contributed by atoms with E-state index in [0.717, 1.165) is 19.3 Å². The van der Waals surface area contributed by atoms with E-state index in [-0.39, 0.29) is 11.7 Å². The number of rotatable bonds is 3. The molecule has 0 unspecified atom stereocenters. The van der Waals surface area contributed by atoms with Gasteiger partial charge < -0.3 is 11.1 Å². The Hall–Kier alpha value is -1.42. The molecule has 1 saturated carbocycles. The molecule has 0 bridgehead atoms. The molecule has 4 heteroatoms. The Morgan fingerprint density at radius 2 is 2.24 bits per heavy atom. The molecule has 0 aromatic heterocycles. The second-order valence-corrected chi connectivity index (χ2v) is 4.76. The molecule has 92 valence electrons. The van der Waals surface area contributed by atoms with E-state index in [1.807, 2.05) is 0 Å². The fraction of sp³-hybridized carbons (Fsp3) is 0.462. The number of nitrogens with one attached hydrogen (secondary N) is 1. The molecule has 0 saturated heterocycles. The highest BCUT2D eigenvalue weighted by atomic mass is 19.1. The van der Waals surface area contributed by atoms with E-state index in [0.29, 0.717) is 17.8 Å². The monoisotopic (exact) mass is 236 g/mol. The minimum absolute atomic E-state index is 0.0884. The Morgan fingerprint density at radius 3 is 2.71 bits per heavy atom. The maximum absolute atomic E-state index is 13.3. The van der Waals surface area contributed by atoms with E-state index >= 15 is 0 Å². The summed E-state index contributed by atoms with van der Waals surface area (Å²) in [6.07, 6.45) is 2.68. The largest absolute Gasteiger partial charge is 0.329 e. The van der Waals surface area contributed by atoms with Crippen LogP contribution in [-0.2, 0) is 4.79 Å². The summed E-state index contributed by atoms with van der Waals surface area (Å²) in [6.45, 7) is 2.04. The van der Waals surface area contributed by atoms with E-state index in [4.69, 9.17) is 5.73 Å². The van der Waals surface area contributed by atoms with Gasteiger partial charge in [0.1, 0.15) is 5.82 Å². The summed E-state index contributed by atoms with van der Waals surface area (Å²) in [4.78, 5) is 12.0. The molecule has 2 rings (SSSR count). The molecule has 1 aromatic carbocycles. The molecule has 0 spiro atoms. The molecule has 3 N–H and O–H groups in total. The third-order valence-electron chi connectivity index (χ3n) is 3.61. The van der Waals surface area contributed by atoms with E-state index in [2.05, 4.69) is 5.32 Å². The van der Waals surface area contributed by atoms with Gasteiger partial charge >= 0.3 is 0 Å². The number of aryl methyl sites for hydroxylation is 1. The number of nitrogens with two attached hydrogens (primary N) is 1. The Bertz CT molecular complexity index is 436. The van der Waals surface area contributed by atoms with Crippen LogP contribution in [-0.4, -0.2) is 12.5 Å². The van der Waals surface area contributed by atoms with E-state index in [9.17, 15) is 9.18 Å². The molecule has 0 atom stereocenters. The quantitative estimate of drug-likeness (QED) is 0.845. The van der Waals surface area contributed by atoms with Gasteiger partial charge in [0.05, 0.1) is 5.41 Å². The number of carbonyl (C=O) groups excluding carboxylic acids is 1. The molecule has 0 radical (unpaired) electrons. The lowest BCUT2D eigenvalue weighted by molar-refractivity contribution is -0.129. The molecule has 1 fully saturated rings. The lowest BCUT2D eigenvalue weighted by Gasteiger charge is -2.39. The van der Waals surface area contributed by atoms with Crippen LogP contribution in [0.2, 0.25) is 0 Å². The van der Waals surface area contributed by atoms with Crippen LogP contribution in [0.25, 0.3) is 0 Å². The lowest BCUT2D eigenvalue weighted by atomic mass is 9.68. The summed E-state index contributed by atoms with van der Waals surface area (Å²) in [7, 11) is 0. The number of benzene rings is 1. The lowest BCUT2D eigenvalue weighted by Crippen LogP contribution is -2.47. The van der Waals surface area contributed by atoms with Gasteiger partial charge in [0.15, 0.2) is 0 Å². The molecule has 0 heterocycles. The second kappa shape index (κ2) is 4.45. The van der Waals surface area contributed by atoms with Gasteiger partial charge in [0.25, 0.3) is 0 Å². The SMILES string of the molecule is Cc1ccc(NC(=O)C2(CN)CCC2)cc1F. The van der Waals surface area contributed by atoms with Crippen LogP contribution in [0, 0.1) is 18.2 Å².